The molecular formula is C6H12N2O. The minimum absolute atomic E-state index is 0.671. The SMILES string of the molecule is N=CCCNCC=CO. The lowest BCUT2D eigenvalue weighted by molar-refractivity contribution is 0.470. The molecule has 0 spiro atoms. The number of aliphatic hydroxyl groups is 1. The van der Waals surface area contributed by atoms with Crippen molar-refractivity contribution in [2.24, 2.45) is 0 Å². The quantitative estimate of drug-likeness (QED) is 0.290. The summed E-state index contributed by atoms with van der Waals surface area (Å²) >= 11 is 0. The second-order valence-corrected chi connectivity index (χ2v) is 1.58. The molecule has 0 aromatic rings. The first-order valence-electron chi connectivity index (χ1n) is 2.90. The Kier molecular flexibility index (Phi) is 6.51. The highest BCUT2D eigenvalue weighted by Crippen LogP contribution is 1.68. The van der Waals surface area contributed by atoms with Gasteiger partial charge in [0.2, 0.25) is 0 Å². The predicted molar refractivity (Wildman–Crippen MR) is 38.0 cm³/mol. The third kappa shape index (κ3) is 7.17. The van der Waals surface area contributed by atoms with Gasteiger partial charge in [-0.25, -0.2) is 0 Å². The molecule has 0 unspecified atom stereocenters. The molecule has 0 heterocycles. The molecule has 0 rings (SSSR count). The summed E-state index contributed by atoms with van der Waals surface area (Å²) in [5.41, 5.74) is 0. The Bertz CT molecular complexity index is 91.1. The highest BCUT2D eigenvalue weighted by Gasteiger charge is 1.78. The maximum atomic E-state index is 8.16. The van der Waals surface area contributed by atoms with Crippen LogP contribution in [0.3, 0.4) is 0 Å². The fourth-order valence-electron chi connectivity index (χ4n) is 0.412. The minimum atomic E-state index is 0.671. The molecule has 0 bridgehead atoms. The van der Waals surface area contributed by atoms with Crippen molar-refractivity contribution in [1.82, 2.24) is 5.32 Å². The molecule has 0 aromatic heterocycles. The van der Waals surface area contributed by atoms with Crippen LogP contribution in [0.5, 0.6) is 0 Å². The highest BCUT2D eigenvalue weighted by atomic mass is 16.2. The largest absolute Gasteiger partial charge is 0.516 e. The molecular weight excluding hydrogens is 116 g/mol. The Morgan fingerprint density at radius 2 is 2.33 bits per heavy atom. The summed E-state index contributed by atoms with van der Waals surface area (Å²) in [6.45, 7) is 1.47. The Balaban J connectivity index is 2.82. The molecule has 0 saturated carbocycles. The summed E-state index contributed by atoms with van der Waals surface area (Å²) in [4.78, 5) is 0. The van der Waals surface area contributed by atoms with Crippen LogP contribution in [0.4, 0.5) is 0 Å². The van der Waals surface area contributed by atoms with E-state index in [4.69, 9.17) is 10.5 Å². The van der Waals surface area contributed by atoms with E-state index in [1.165, 1.54) is 6.21 Å². The fraction of sp³-hybridized carbons (Fsp3) is 0.500. The molecule has 0 atom stereocenters. The van der Waals surface area contributed by atoms with Crippen LogP contribution >= 0.6 is 0 Å². The third-order valence-corrected chi connectivity index (χ3v) is 0.833. The summed E-state index contributed by atoms with van der Waals surface area (Å²) in [6, 6.07) is 0. The Morgan fingerprint density at radius 1 is 1.56 bits per heavy atom. The lowest BCUT2D eigenvalue weighted by atomic mass is 10.4. The van der Waals surface area contributed by atoms with Crippen molar-refractivity contribution in [1.29, 1.82) is 5.41 Å². The van der Waals surface area contributed by atoms with Gasteiger partial charge in [0.05, 0.1) is 6.26 Å². The van der Waals surface area contributed by atoms with E-state index in [0.717, 1.165) is 19.2 Å². The monoisotopic (exact) mass is 128 g/mol. The molecule has 0 radical (unpaired) electrons. The van der Waals surface area contributed by atoms with Crippen LogP contribution in [-0.4, -0.2) is 24.4 Å². The predicted octanol–water partition coefficient (Wildman–Crippen LogP) is 0.687. The lowest BCUT2D eigenvalue weighted by Gasteiger charge is -1.94. The second kappa shape index (κ2) is 7.17. The van der Waals surface area contributed by atoms with E-state index in [1.54, 1.807) is 6.08 Å². The molecule has 0 fully saturated rings. The van der Waals surface area contributed by atoms with Crippen molar-refractivity contribution >= 4 is 6.21 Å². The highest BCUT2D eigenvalue weighted by molar-refractivity contribution is 5.52. The van der Waals surface area contributed by atoms with E-state index in [-0.39, 0.29) is 0 Å². The van der Waals surface area contributed by atoms with Crippen LogP contribution in [0.15, 0.2) is 12.3 Å². The molecule has 3 nitrogen and oxygen atoms in total. The van der Waals surface area contributed by atoms with Crippen LogP contribution in [0.2, 0.25) is 0 Å². The zero-order valence-electron chi connectivity index (χ0n) is 5.30. The van der Waals surface area contributed by atoms with Gasteiger partial charge < -0.3 is 15.8 Å². The Hall–Kier alpha value is -0.830. The van der Waals surface area contributed by atoms with E-state index >= 15 is 0 Å². The maximum Gasteiger partial charge on any atom is 0.0764 e. The van der Waals surface area contributed by atoms with Gasteiger partial charge in [-0.05, 0) is 18.7 Å². The Morgan fingerprint density at radius 3 is 2.89 bits per heavy atom. The van der Waals surface area contributed by atoms with E-state index < -0.39 is 0 Å². The third-order valence-electron chi connectivity index (χ3n) is 0.833. The number of hydrogen-bond acceptors (Lipinski definition) is 3. The maximum absolute atomic E-state index is 8.16. The topological polar surface area (TPSA) is 56.1 Å². The summed E-state index contributed by atoms with van der Waals surface area (Å²) in [5.74, 6) is 0. The summed E-state index contributed by atoms with van der Waals surface area (Å²) in [7, 11) is 0. The summed E-state index contributed by atoms with van der Waals surface area (Å²) in [5, 5.41) is 17.8. The van der Waals surface area contributed by atoms with Gasteiger partial charge in [-0.1, -0.05) is 0 Å². The first kappa shape index (κ1) is 8.17. The average Bonchev–Trinajstić information content (AvgIpc) is 1.89. The van der Waals surface area contributed by atoms with Gasteiger partial charge >= 0.3 is 0 Å². The van der Waals surface area contributed by atoms with Crippen LogP contribution in [0.25, 0.3) is 0 Å². The number of hydrogen-bond donors (Lipinski definition) is 3. The smallest absolute Gasteiger partial charge is 0.0764 e. The van der Waals surface area contributed by atoms with Crippen LogP contribution < -0.4 is 5.32 Å². The first-order chi connectivity index (χ1) is 4.41. The number of aliphatic hydroxyl groups excluding tert-OH is 1. The Labute approximate surface area is 54.9 Å². The average molecular weight is 128 g/mol. The van der Waals surface area contributed by atoms with Crippen molar-refractivity contribution in [3.05, 3.63) is 12.3 Å². The molecule has 0 saturated heterocycles. The van der Waals surface area contributed by atoms with Crippen LogP contribution in [0, 0.1) is 5.41 Å². The van der Waals surface area contributed by atoms with E-state index in [1.807, 2.05) is 0 Å². The normalized spacial score (nSPS) is 10.2. The van der Waals surface area contributed by atoms with E-state index in [0.29, 0.717) is 6.54 Å². The van der Waals surface area contributed by atoms with Gasteiger partial charge in [0.25, 0.3) is 0 Å². The van der Waals surface area contributed by atoms with E-state index in [9.17, 15) is 0 Å². The molecule has 3 N–H and O–H groups in total. The second-order valence-electron chi connectivity index (χ2n) is 1.58. The molecule has 52 valence electrons. The van der Waals surface area contributed by atoms with Gasteiger partial charge in [0.15, 0.2) is 0 Å². The van der Waals surface area contributed by atoms with Crippen molar-refractivity contribution in [2.45, 2.75) is 6.42 Å². The minimum Gasteiger partial charge on any atom is -0.516 e. The molecule has 0 aliphatic rings. The zero-order valence-corrected chi connectivity index (χ0v) is 5.30. The van der Waals surface area contributed by atoms with E-state index in [2.05, 4.69) is 5.32 Å². The van der Waals surface area contributed by atoms with Crippen molar-refractivity contribution in [3.8, 4) is 0 Å². The first-order valence-corrected chi connectivity index (χ1v) is 2.90. The van der Waals surface area contributed by atoms with Crippen molar-refractivity contribution in [2.75, 3.05) is 13.1 Å². The van der Waals surface area contributed by atoms with Gasteiger partial charge in [-0.2, -0.15) is 0 Å². The molecule has 9 heavy (non-hydrogen) atoms. The van der Waals surface area contributed by atoms with Crippen molar-refractivity contribution < 1.29 is 5.11 Å². The van der Waals surface area contributed by atoms with Gasteiger partial charge in [0, 0.05) is 13.1 Å². The summed E-state index contributed by atoms with van der Waals surface area (Å²) < 4.78 is 0. The standard InChI is InChI=1S/C6H12N2O/c7-3-1-4-8-5-2-6-9/h2-3,6-9H,1,4-5H2. The van der Waals surface area contributed by atoms with Crippen LogP contribution in [-0.2, 0) is 0 Å². The lowest BCUT2D eigenvalue weighted by Crippen LogP contribution is -2.14. The molecule has 0 amide bonds. The van der Waals surface area contributed by atoms with Crippen LogP contribution in [0.1, 0.15) is 6.42 Å². The number of rotatable bonds is 5. The molecule has 0 aliphatic carbocycles. The van der Waals surface area contributed by atoms with Gasteiger partial charge in [-0.3, -0.25) is 0 Å². The number of nitrogens with one attached hydrogen (secondary N) is 2. The van der Waals surface area contributed by atoms with Gasteiger partial charge in [-0.15, -0.1) is 0 Å². The molecule has 0 aliphatic heterocycles. The summed E-state index contributed by atoms with van der Waals surface area (Å²) in [6.07, 6.45) is 4.73. The van der Waals surface area contributed by atoms with Gasteiger partial charge in [0.1, 0.15) is 0 Å². The fourth-order valence-corrected chi connectivity index (χ4v) is 0.412. The molecule has 0 aromatic carbocycles. The zero-order chi connectivity index (χ0) is 6.95. The molecule has 3 heteroatoms. The van der Waals surface area contributed by atoms with Crippen molar-refractivity contribution in [3.63, 3.8) is 0 Å².